The lowest BCUT2D eigenvalue weighted by atomic mass is 10.0. The quantitative estimate of drug-likeness (QED) is 0.676. The Labute approximate surface area is 159 Å². The van der Waals surface area contributed by atoms with Gasteiger partial charge in [-0.15, -0.1) is 10.2 Å². The van der Waals surface area contributed by atoms with Crippen LogP contribution in [0.1, 0.15) is 37.7 Å². The Morgan fingerprint density at radius 2 is 1.85 bits per heavy atom. The SMILES string of the molecule is O=S(=O)(c1ccc(NCCc2c[nH]c3ccccc23)nn1)C1CCCCC1. The number of hydrogen-bond acceptors (Lipinski definition) is 5. The highest BCUT2D eigenvalue weighted by Crippen LogP contribution is 2.27. The molecule has 0 atom stereocenters. The van der Waals surface area contributed by atoms with Crippen LogP contribution in [0.15, 0.2) is 47.6 Å². The number of nitrogens with one attached hydrogen (secondary N) is 2. The van der Waals surface area contributed by atoms with Crippen molar-refractivity contribution in [3.05, 3.63) is 48.2 Å². The van der Waals surface area contributed by atoms with E-state index in [0.717, 1.165) is 44.0 Å². The molecule has 1 aliphatic rings. The maximum atomic E-state index is 12.7. The van der Waals surface area contributed by atoms with E-state index in [1.54, 1.807) is 12.1 Å². The molecule has 0 spiro atoms. The molecule has 3 aromatic rings. The van der Waals surface area contributed by atoms with Gasteiger partial charge < -0.3 is 10.3 Å². The second kappa shape index (κ2) is 7.68. The van der Waals surface area contributed by atoms with Crippen LogP contribution in [0, 0.1) is 0 Å². The van der Waals surface area contributed by atoms with Crippen molar-refractivity contribution in [2.45, 2.75) is 48.8 Å². The molecule has 1 aliphatic carbocycles. The van der Waals surface area contributed by atoms with E-state index < -0.39 is 9.84 Å². The monoisotopic (exact) mass is 384 g/mol. The van der Waals surface area contributed by atoms with Gasteiger partial charge in [0.2, 0.25) is 0 Å². The third kappa shape index (κ3) is 3.83. The lowest BCUT2D eigenvalue weighted by Gasteiger charge is -2.20. The van der Waals surface area contributed by atoms with Crippen LogP contribution in [0.5, 0.6) is 0 Å². The third-order valence-electron chi connectivity index (χ3n) is 5.30. The summed E-state index contributed by atoms with van der Waals surface area (Å²) >= 11 is 0. The fourth-order valence-electron chi connectivity index (χ4n) is 3.78. The Morgan fingerprint density at radius 3 is 2.63 bits per heavy atom. The van der Waals surface area contributed by atoms with E-state index in [2.05, 4.69) is 32.6 Å². The number of nitrogens with zero attached hydrogens (tertiary/aromatic N) is 2. The van der Waals surface area contributed by atoms with E-state index >= 15 is 0 Å². The van der Waals surface area contributed by atoms with Gasteiger partial charge in [-0.3, -0.25) is 0 Å². The first-order valence-electron chi connectivity index (χ1n) is 9.51. The number of sulfone groups is 1. The Hall–Kier alpha value is -2.41. The minimum Gasteiger partial charge on any atom is -0.368 e. The number of H-pyrrole nitrogens is 1. The average molecular weight is 385 g/mol. The summed E-state index contributed by atoms with van der Waals surface area (Å²) in [5, 5.41) is 12.3. The van der Waals surface area contributed by atoms with E-state index in [1.165, 1.54) is 10.9 Å². The van der Waals surface area contributed by atoms with Crippen LogP contribution in [-0.2, 0) is 16.3 Å². The van der Waals surface area contributed by atoms with E-state index in [4.69, 9.17) is 0 Å². The van der Waals surface area contributed by atoms with Gasteiger partial charge in [-0.25, -0.2) is 8.42 Å². The number of aromatic nitrogens is 3. The number of rotatable bonds is 6. The van der Waals surface area contributed by atoms with Crippen molar-refractivity contribution in [1.29, 1.82) is 0 Å². The van der Waals surface area contributed by atoms with Crippen LogP contribution in [0.2, 0.25) is 0 Å². The van der Waals surface area contributed by atoms with Crippen molar-refractivity contribution in [1.82, 2.24) is 15.2 Å². The van der Waals surface area contributed by atoms with Crippen LogP contribution in [0.4, 0.5) is 5.82 Å². The predicted octanol–water partition coefficient (Wildman–Crippen LogP) is 3.72. The number of anilines is 1. The summed E-state index contributed by atoms with van der Waals surface area (Å²) in [5.41, 5.74) is 2.37. The number of hydrogen-bond donors (Lipinski definition) is 2. The minimum absolute atomic E-state index is 0.0941. The second-order valence-corrected chi connectivity index (χ2v) is 9.27. The lowest BCUT2D eigenvalue weighted by Crippen LogP contribution is -2.25. The standard InChI is InChI=1S/C20H24N4O2S/c25-27(26,16-6-2-1-3-7-16)20-11-10-19(23-24-20)21-13-12-15-14-22-18-9-5-4-8-17(15)18/h4-5,8-11,14,16,22H,1-3,6-7,12-13H2,(H,21,23). The van der Waals surface area contributed by atoms with Crippen molar-refractivity contribution < 1.29 is 8.42 Å². The summed E-state index contributed by atoms with van der Waals surface area (Å²) in [6.45, 7) is 0.700. The highest BCUT2D eigenvalue weighted by Gasteiger charge is 2.30. The molecule has 0 aliphatic heterocycles. The number of benzene rings is 1. The summed E-state index contributed by atoms with van der Waals surface area (Å²) in [4.78, 5) is 3.27. The summed E-state index contributed by atoms with van der Waals surface area (Å²) in [7, 11) is -3.36. The zero-order chi connectivity index (χ0) is 18.7. The molecule has 2 heterocycles. The number of para-hydroxylation sites is 1. The van der Waals surface area contributed by atoms with Gasteiger partial charge >= 0.3 is 0 Å². The Morgan fingerprint density at radius 1 is 1.04 bits per heavy atom. The van der Waals surface area contributed by atoms with Crippen molar-refractivity contribution in [2.24, 2.45) is 0 Å². The molecule has 1 saturated carbocycles. The number of fused-ring (bicyclic) bond motifs is 1. The first kappa shape index (κ1) is 18.0. The largest absolute Gasteiger partial charge is 0.368 e. The van der Waals surface area contributed by atoms with Crippen LogP contribution < -0.4 is 5.32 Å². The first-order valence-corrected chi connectivity index (χ1v) is 11.1. The van der Waals surface area contributed by atoms with Crippen molar-refractivity contribution in [2.75, 3.05) is 11.9 Å². The van der Waals surface area contributed by atoms with Crippen LogP contribution >= 0.6 is 0 Å². The molecule has 0 saturated heterocycles. The van der Waals surface area contributed by atoms with Crippen LogP contribution in [-0.4, -0.2) is 35.4 Å². The first-order chi connectivity index (χ1) is 13.1. The van der Waals surface area contributed by atoms with Crippen molar-refractivity contribution in [3.8, 4) is 0 Å². The highest BCUT2D eigenvalue weighted by atomic mass is 32.2. The smallest absolute Gasteiger partial charge is 0.200 e. The summed E-state index contributed by atoms with van der Waals surface area (Å²) in [6, 6.07) is 11.5. The number of aromatic amines is 1. The highest BCUT2D eigenvalue weighted by molar-refractivity contribution is 7.92. The minimum atomic E-state index is -3.36. The van der Waals surface area contributed by atoms with E-state index in [9.17, 15) is 8.42 Å². The summed E-state index contributed by atoms with van der Waals surface area (Å²) in [6.07, 6.45) is 7.40. The van der Waals surface area contributed by atoms with Crippen molar-refractivity contribution >= 4 is 26.6 Å². The maximum Gasteiger partial charge on any atom is 0.200 e. The lowest BCUT2D eigenvalue weighted by molar-refractivity contribution is 0.481. The maximum absolute atomic E-state index is 12.7. The molecule has 0 amide bonds. The van der Waals surface area contributed by atoms with Crippen LogP contribution in [0.3, 0.4) is 0 Å². The van der Waals surface area contributed by atoms with Gasteiger partial charge in [-0.1, -0.05) is 37.5 Å². The van der Waals surface area contributed by atoms with E-state index in [1.807, 2.05) is 18.3 Å². The predicted molar refractivity (Wildman–Crippen MR) is 107 cm³/mol. The molecule has 7 heteroatoms. The molecule has 6 nitrogen and oxygen atoms in total. The third-order valence-corrected chi connectivity index (χ3v) is 7.45. The topological polar surface area (TPSA) is 87.7 Å². The Kier molecular flexibility index (Phi) is 5.11. The average Bonchev–Trinajstić information content (AvgIpc) is 3.12. The van der Waals surface area contributed by atoms with Crippen LogP contribution in [0.25, 0.3) is 10.9 Å². The van der Waals surface area contributed by atoms with Gasteiger partial charge in [0, 0.05) is 23.6 Å². The van der Waals surface area contributed by atoms with Gasteiger partial charge in [0.15, 0.2) is 14.9 Å². The molecule has 4 rings (SSSR count). The zero-order valence-electron chi connectivity index (χ0n) is 15.2. The fourth-order valence-corrected chi connectivity index (χ4v) is 5.48. The van der Waals surface area contributed by atoms with E-state index in [-0.39, 0.29) is 10.3 Å². The summed E-state index contributed by atoms with van der Waals surface area (Å²) < 4.78 is 25.3. The normalized spacial score (nSPS) is 15.9. The Bertz CT molecular complexity index is 1010. The van der Waals surface area contributed by atoms with Crippen molar-refractivity contribution in [3.63, 3.8) is 0 Å². The van der Waals surface area contributed by atoms with Gasteiger partial charge in [-0.05, 0) is 43.0 Å². The molecule has 2 aromatic heterocycles. The molecule has 1 aromatic carbocycles. The molecular formula is C20H24N4O2S. The Balaban J connectivity index is 1.38. The fraction of sp³-hybridized carbons (Fsp3) is 0.400. The molecule has 2 N–H and O–H groups in total. The van der Waals surface area contributed by atoms with Gasteiger partial charge in [-0.2, -0.15) is 0 Å². The molecule has 0 unspecified atom stereocenters. The molecule has 0 bridgehead atoms. The molecule has 1 fully saturated rings. The molecule has 142 valence electrons. The summed E-state index contributed by atoms with van der Waals surface area (Å²) in [5.74, 6) is 0.595. The molecular weight excluding hydrogens is 360 g/mol. The molecule has 27 heavy (non-hydrogen) atoms. The molecule has 0 radical (unpaired) electrons. The second-order valence-electron chi connectivity index (χ2n) is 7.10. The van der Waals surface area contributed by atoms with Gasteiger partial charge in [0.05, 0.1) is 5.25 Å². The van der Waals surface area contributed by atoms with Gasteiger partial charge in [0.1, 0.15) is 5.82 Å². The van der Waals surface area contributed by atoms with Gasteiger partial charge in [0.25, 0.3) is 0 Å². The zero-order valence-corrected chi connectivity index (χ0v) is 16.0. The van der Waals surface area contributed by atoms with E-state index in [0.29, 0.717) is 12.4 Å².